The number of benzene rings is 1. The van der Waals surface area contributed by atoms with Crippen molar-refractivity contribution in [3.8, 4) is 22.4 Å². The Balaban J connectivity index is 1.46. The van der Waals surface area contributed by atoms with Crippen molar-refractivity contribution < 1.29 is 14.6 Å². The maximum Gasteiger partial charge on any atom is 0.349 e. The second kappa shape index (κ2) is 9.12. The van der Waals surface area contributed by atoms with Gasteiger partial charge in [-0.25, -0.2) is 14.8 Å². The van der Waals surface area contributed by atoms with E-state index in [9.17, 15) is 15.2 Å². The van der Waals surface area contributed by atoms with Gasteiger partial charge < -0.3 is 15.2 Å². The summed E-state index contributed by atoms with van der Waals surface area (Å²) in [6, 6.07) is 11.9. The van der Waals surface area contributed by atoms with Crippen molar-refractivity contribution in [1.82, 2.24) is 9.97 Å². The number of fused-ring (bicyclic) bond motifs is 1. The van der Waals surface area contributed by atoms with E-state index in [2.05, 4.69) is 33.5 Å². The number of hydrogen-bond acceptors (Lipinski definition) is 8. The Morgan fingerprint density at radius 3 is 2.94 bits per heavy atom. The summed E-state index contributed by atoms with van der Waals surface area (Å²) >= 11 is 2.70. The van der Waals surface area contributed by atoms with Crippen LogP contribution in [0.5, 0.6) is 5.75 Å². The Bertz CT molecular complexity index is 1290. The van der Waals surface area contributed by atoms with Crippen LogP contribution < -0.4 is 10.1 Å². The van der Waals surface area contributed by atoms with Gasteiger partial charge in [0.25, 0.3) is 0 Å². The van der Waals surface area contributed by atoms with Crippen molar-refractivity contribution in [2.75, 3.05) is 18.5 Å². The first-order chi connectivity index (χ1) is 15.1. The minimum Gasteiger partial charge on any atom is -0.492 e. The number of ether oxygens (including phenoxy) is 1. The van der Waals surface area contributed by atoms with Gasteiger partial charge in [0.1, 0.15) is 24.0 Å². The molecule has 7 nitrogen and oxygen atoms in total. The van der Waals surface area contributed by atoms with Crippen LogP contribution in [0.4, 0.5) is 5.82 Å². The van der Waals surface area contributed by atoms with Gasteiger partial charge in [0, 0.05) is 34.1 Å². The van der Waals surface area contributed by atoms with Crippen LogP contribution in [0.25, 0.3) is 20.7 Å². The SMILES string of the molecule is CCOc1cc(-c2cc(NCCc3ccc4scc(C#N)c4c3)ncn2)sc1C(=O)O. The molecule has 0 spiro atoms. The van der Waals surface area contributed by atoms with Crippen molar-refractivity contribution in [2.24, 2.45) is 0 Å². The Labute approximate surface area is 186 Å². The first-order valence-corrected chi connectivity index (χ1v) is 11.2. The molecule has 156 valence electrons. The van der Waals surface area contributed by atoms with Gasteiger partial charge >= 0.3 is 5.97 Å². The molecule has 0 saturated carbocycles. The summed E-state index contributed by atoms with van der Waals surface area (Å²) in [6.07, 6.45) is 2.22. The number of anilines is 1. The molecule has 0 bridgehead atoms. The molecule has 0 saturated heterocycles. The quantitative estimate of drug-likeness (QED) is 0.387. The zero-order chi connectivity index (χ0) is 21.8. The third-order valence-corrected chi connectivity index (χ3v) is 6.68. The standard InChI is InChI=1S/C22H18N4O3S2/c1-2-29-17-9-19(31-21(17)22(27)28)16-8-20(26-12-25-16)24-6-5-13-3-4-18-15(7-13)14(10-23)11-30-18/h3-4,7-9,11-12H,2,5-6H2,1H3,(H,27,28)(H,24,25,26). The molecule has 4 aromatic rings. The van der Waals surface area contributed by atoms with Gasteiger partial charge in [-0.15, -0.1) is 22.7 Å². The lowest BCUT2D eigenvalue weighted by molar-refractivity contribution is 0.0698. The summed E-state index contributed by atoms with van der Waals surface area (Å²) in [5, 5.41) is 24.8. The topological polar surface area (TPSA) is 108 Å². The Kier molecular flexibility index (Phi) is 6.11. The molecule has 31 heavy (non-hydrogen) atoms. The van der Waals surface area contributed by atoms with Crippen LogP contribution in [0.15, 0.2) is 42.0 Å². The largest absolute Gasteiger partial charge is 0.492 e. The molecule has 0 unspecified atom stereocenters. The molecule has 0 fully saturated rings. The molecule has 3 aromatic heterocycles. The number of carboxylic acid groups (broad SMARTS) is 1. The Morgan fingerprint density at radius 2 is 2.16 bits per heavy atom. The summed E-state index contributed by atoms with van der Waals surface area (Å²) < 4.78 is 6.55. The van der Waals surface area contributed by atoms with Crippen molar-refractivity contribution >= 4 is 44.5 Å². The van der Waals surface area contributed by atoms with Gasteiger partial charge in [-0.1, -0.05) is 6.07 Å². The zero-order valence-corrected chi connectivity index (χ0v) is 18.2. The van der Waals surface area contributed by atoms with Gasteiger partial charge in [0.15, 0.2) is 4.88 Å². The van der Waals surface area contributed by atoms with Crippen LogP contribution in [-0.2, 0) is 6.42 Å². The van der Waals surface area contributed by atoms with Crippen LogP contribution in [0, 0.1) is 11.3 Å². The molecule has 9 heteroatoms. The lowest BCUT2D eigenvalue weighted by atomic mass is 10.1. The first kappa shape index (κ1) is 20.8. The molecule has 0 atom stereocenters. The molecule has 0 radical (unpaired) electrons. The van der Waals surface area contributed by atoms with Crippen LogP contribution in [0.3, 0.4) is 0 Å². The number of aromatic nitrogens is 2. The Morgan fingerprint density at radius 1 is 1.29 bits per heavy atom. The second-order valence-electron chi connectivity index (χ2n) is 6.60. The van der Waals surface area contributed by atoms with Gasteiger partial charge in [-0.3, -0.25) is 0 Å². The van der Waals surface area contributed by atoms with Gasteiger partial charge in [-0.05, 0) is 31.0 Å². The fourth-order valence-corrected chi connectivity index (χ4v) is 4.93. The third kappa shape index (κ3) is 4.50. The van der Waals surface area contributed by atoms with Crippen molar-refractivity contribution in [2.45, 2.75) is 13.3 Å². The van der Waals surface area contributed by atoms with E-state index in [1.54, 1.807) is 23.5 Å². The molecule has 1 aromatic carbocycles. The summed E-state index contributed by atoms with van der Waals surface area (Å²) in [4.78, 5) is 20.9. The predicted molar refractivity (Wildman–Crippen MR) is 122 cm³/mol. The molecule has 4 rings (SSSR count). The van der Waals surface area contributed by atoms with E-state index in [4.69, 9.17) is 4.74 Å². The summed E-state index contributed by atoms with van der Waals surface area (Å²) in [5.74, 6) is -0.0134. The van der Waals surface area contributed by atoms with Gasteiger partial charge in [0.05, 0.1) is 22.7 Å². The lowest BCUT2D eigenvalue weighted by Crippen LogP contribution is -2.06. The van der Waals surface area contributed by atoms with Crippen molar-refractivity contribution in [1.29, 1.82) is 5.26 Å². The molecule has 2 N–H and O–H groups in total. The number of nitrogens with one attached hydrogen (secondary N) is 1. The molecule has 0 aliphatic heterocycles. The number of hydrogen-bond donors (Lipinski definition) is 2. The molecule has 0 aliphatic carbocycles. The number of nitriles is 1. The number of carbonyl (C=O) groups is 1. The average molecular weight is 451 g/mol. The number of rotatable bonds is 8. The second-order valence-corrected chi connectivity index (χ2v) is 8.56. The minimum absolute atomic E-state index is 0.158. The number of carboxylic acids is 1. The maximum atomic E-state index is 11.5. The van der Waals surface area contributed by atoms with E-state index in [1.807, 2.05) is 18.4 Å². The number of aromatic carboxylic acids is 1. The third-order valence-electron chi connectivity index (χ3n) is 4.59. The maximum absolute atomic E-state index is 11.5. The summed E-state index contributed by atoms with van der Waals surface area (Å²) in [7, 11) is 0. The predicted octanol–water partition coefficient (Wildman–Crippen LogP) is 5.04. The van der Waals surface area contributed by atoms with Crippen molar-refractivity contribution in [3.05, 3.63) is 58.0 Å². The van der Waals surface area contributed by atoms with Gasteiger partial charge in [0.2, 0.25) is 0 Å². The minimum atomic E-state index is -1.02. The fraction of sp³-hybridized carbons (Fsp3) is 0.182. The molecule has 0 aliphatic rings. The lowest BCUT2D eigenvalue weighted by Gasteiger charge is -2.07. The van der Waals surface area contributed by atoms with Crippen molar-refractivity contribution in [3.63, 3.8) is 0 Å². The van der Waals surface area contributed by atoms with Crippen LogP contribution in [-0.4, -0.2) is 34.2 Å². The normalized spacial score (nSPS) is 10.7. The van der Waals surface area contributed by atoms with E-state index in [0.717, 1.165) is 33.4 Å². The summed E-state index contributed by atoms with van der Waals surface area (Å²) in [5.41, 5.74) is 2.47. The smallest absolute Gasteiger partial charge is 0.349 e. The highest BCUT2D eigenvalue weighted by atomic mass is 32.1. The van der Waals surface area contributed by atoms with Gasteiger partial charge in [-0.2, -0.15) is 5.26 Å². The van der Waals surface area contributed by atoms with E-state index >= 15 is 0 Å². The fourth-order valence-electron chi connectivity index (χ4n) is 3.15. The molecular weight excluding hydrogens is 432 g/mol. The van der Waals surface area contributed by atoms with E-state index in [-0.39, 0.29) is 4.88 Å². The monoisotopic (exact) mass is 450 g/mol. The van der Waals surface area contributed by atoms with E-state index in [1.165, 1.54) is 6.33 Å². The van der Waals surface area contributed by atoms with Crippen LogP contribution in [0.1, 0.15) is 27.7 Å². The highest BCUT2D eigenvalue weighted by Crippen LogP contribution is 2.36. The van der Waals surface area contributed by atoms with E-state index in [0.29, 0.717) is 40.9 Å². The average Bonchev–Trinajstić information content (AvgIpc) is 3.38. The zero-order valence-electron chi connectivity index (χ0n) is 16.6. The highest BCUT2D eigenvalue weighted by Gasteiger charge is 2.18. The van der Waals surface area contributed by atoms with Crippen LogP contribution >= 0.6 is 22.7 Å². The van der Waals surface area contributed by atoms with Crippen LogP contribution in [0.2, 0.25) is 0 Å². The Hall–Kier alpha value is -3.48. The molecule has 0 amide bonds. The molecular formula is C22H18N4O3S2. The number of nitrogens with zero attached hydrogens (tertiary/aromatic N) is 3. The summed E-state index contributed by atoms with van der Waals surface area (Å²) in [6.45, 7) is 2.86. The first-order valence-electron chi connectivity index (χ1n) is 9.55. The highest BCUT2D eigenvalue weighted by molar-refractivity contribution is 7.17. The number of thiophene rings is 2. The molecule has 3 heterocycles. The van der Waals surface area contributed by atoms with E-state index < -0.39 is 5.97 Å².